The number of rotatable bonds is 2. The quantitative estimate of drug-likeness (QED) is 0.817. The van der Waals surface area contributed by atoms with Gasteiger partial charge in [-0.3, -0.25) is 4.79 Å². The van der Waals surface area contributed by atoms with Crippen molar-refractivity contribution in [2.45, 2.75) is 44.2 Å². The lowest BCUT2D eigenvalue weighted by Crippen LogP contribution is -2.67. The average molecular weight is 412 g/mol. The van der Waals surface area contributed by atoms with Crippen molar-refractivity contribution in [3.63, 3.8) is 0 Å². The third kappa shape index (κ3) is 3.64. The molecular formula is C22H28N4O4. The van der Waals surface area contributed by atoms with Crippen molar-refractivity contribution in [1.82, 2.24) is 20.1 Å². The maximum atomic E-state index is 13.1. The number of oxazole rings is 1. The Morgan fingerprint density at radius 1 is 1.23 bits per heavy atom. The number of piperidine rings is 2. The SMILES string of the molecule is C[C@]12CCN(C(=O)N3CCC(Cc4nc5ccccc5o4)CC3)C[C@H]1NC(=O)CO2. The summed E-state index contributed by atoms with van der Waals surface area (Å²) in [5, 5.41) is 3.00. The van der Waals surface area contributed by atoms with E-state index < -0.39 is 0 Å². The van der Waals surface area contributed by atoms with Crippen LogP contribution in [0.5, 0.6) is 0 Å². The van der Waals surface area contributed by atoms with Crippen LogP contribution in [0.4, 0.5) is 4.79 Å². The molecule has 5 rings (SSSR count). The van der Waals surface area contributed by atoms with Crippen LogP contribution in [0.15, 0.2) is 28.7 Å². The molecule has 2 aromatic rings. The summed E-state index contributed by atoms with van der Waals surface area (Å²) in [4.78, 5) is 33.2. The Hall–Kier alpha value is -2.61. The van der Waals surface area contributed by atoms with Crippen molar-refractivity contribution in [2.75, 3.05) is 32.8 Å². The Morgan fingerprint density at radius 3 is 2.83 bits per heavy atom. The van der Waals surface area contributed by atoms with Gasteiger partial charge in [-0.15, -0.1) is 0 Å². The number of carbonyl (C=O) groups is 2. The van der Waals surface area contributed by atoms with Gasteiger partial charge in [0.2, 0.25) is 5.91 Å². The van der Waals surface area contributed by atoms with E-state index >= 15 is 0 Å². The average Bonchev–Trinajstić information content (AvgIpc) is 3.16. The van der Waals surface area contributed by atoms with Crippen LogP contribution in [0.25, 0.3) is 11.1 Å². The van der Waals surface area contributed by atoms with E-state index in [0.717, 1.165) is 55.8 Å². The summed E-state index contributed by atoms with van der Waals surface area (Å²) < 4.78 is 11.6. The van der Waals surface area contributed by atoms with E-state index in [0.29, 0.717) is 19.0 Å². The van der Waals surface area contributed by atoms with Crippen LogP contribution >= 0.6 is 0 Å². The van der Waals surface area contributed by atoms with Crippen LogP contribution in [0.1, 0.15) is 32.1 Å². The van der Waals surface area contributed by atoms with E-state index in [1.165, 1.54) is 0 Å². The first-order valence-electron chi connectivity index (χ1n) is 10.8. The van der Waals surface area contributed by atoms with Gasteiger partial charge in [0.25, 0.3) is 0 Å². The van der Waals surface area contributed by atoms with Gasteiger partial charge in [0, 0.05) is 32.6 Å². The number of likely N-dealkylation sites (tertiary alicyclic amines) is 2. The number of hydrogen-bond acceptors (Lipinski definition) is 5. The normalized spacial score (nSPS) is 27.8. The van der Waals surface area contributed by atoms with Crippen LogP contribution in [-0.2, 0) is 16.0 Å². The van der Waals surface area contributed by atoms with Crippen molar-refractivity contribution < 1.29 is 18.7 Å². The fourth-order valence-corrected chi connectivity index (χ4v) is 4.83. The summed E-state index contributed by atoms with van der Waals surface area (Å²) in [7, 11) is 0. The van der Waals surface area contributed by atoms with Crippen molar-refractivity contribution >= 4 is 23.0 Å². The Balaban J connectivity index is 1.15. The number of amides is 3. The van der Waals surface area contributed by atoms with Gasteiger partial charge in [0.1, 0.15) is 12.1 Å². The molecule has 3 amide bonds. The summed E-state index contributed by atoms with van der Waals surface area (Å²) in [6.45, 7) is 4.77. The standard InChI is InChI=1S/C22H28N4O4/c1-22-8-11-26(13-18(22)24-19(27)14-29-22)21(28)25-9-6-15(7-10-25)12-20-23-16-4-2-3-5-17(16)30-20/h2-5,15,18H,6-14H2,1H3,(H,24,27)/t18-,22+/m1/s1. The monoisotopic (exact) mass is 412 g/mol. The van der Waals surface area contributed by atoms with Gasteiger partial charge in [-0.1, -0.05) is 12.1 Å². The zero-order valence-corrected chi connectivity index (χ0v) is 17.3. The number of nitrogens with zero attached hydrogens (tertiary/aromatic N) is 3. The minimum Gasteiger partial charge on any atom is -0.441 e. The van der Waals surface area contributed by atoms with E-state index in [-0.39, 0.29) is 30.2 Å². The number of ether oxygens (including phenoxy) is 1. The van der Waals surface area contributed by atoms with Gasteiger partial charge in [-0.2, -0.15) is 0 Å². The number of morpholine rings is 1. The smallest absolute Gasteiger partial charge is 0.320 e. The topological polar surface area (TPSA) is 87.9 Å². The third-order valence-electron chi connectivity index (χ3n) is 6.84. The third-order valence-corrected chi connectivity index (χ3v) is 6.84. The van der Waals surface area contributed by atoms with E-state index in [1.807, 2.05) is 41.0 Å². The van der Waals surface area contributed by atoms with Crippen LogP contribution < -0.4 is 5.32 Å². The Bertz CT molecular complexity index is 919. The van der Waals surface area contributed by atoms with Crippen molar-refractivity contribution in [2.24, 2.45) is 5.92 Å². The molecule has 8 heteroatoms. The molecule has 160 valence electrons. The second-order valence-corrected chi connectivity index (χ2v) is 8.91. The molecule has 0 aliphatic carbocycles. The Morgan fingerprint density at radius 2 is 2.03 bits per heavy atom. The Kier molecular flexibility index (Phi) is 4.89. The molecule has 0 radical (unpaired) electrons. The number of benzene rings is 1. The van der Waals surface area contributed by atoms with Crippen LogP contribution in [0.3, 0.4) is 0 Å². The van der Waals surface area contributed by atoms with Crippen LogP contribution in [-0.4, -0.2) is 71.2 Å². The fourth-order valence-electron chi connectivity index (χ4n) is 4.83. The molecule has 0 bridgehead atoms. The molecule has 3 aliphatic heterocycles. The molecule has 3 fully saturated rings. The van der Waals surface area contributed by atoms with Gasteiger partial charge in [-0.05, 0) is 44.2 Å². The van der Waals surface area contributed by atoms with E-state index in [9.17, 15) is 9.59 Å². The van der Waals surface area contributed by atoms with Gasteiger partial charge in [-0.25, -0.2) is 9.78 Å². The van der Waals surface area contributed by atoms with Crippen LogP contribution in [0.2, 0.25) is 0 Å². The first-order chi connectivity index (χ1) is 14.5. The van der Waals surface area contributed by atoms with Gasteiger partial charge >= 0.3 is 6.03 Å². The molecule has 30 heavy (non-hydrogen) atoms. The van der Waals surface area contributed by atoms with Crippen molar-refractivity contribution in [1.29, 1.82) is 0 Å². The minimum atomic E-state index is -0.378. The highest BCUT2D eigenvalue weighted by Crippen LogP contribution is 2.30. The molecule has 0 saturated carbocycles. The summed E-state index contributed by atoms with van der Waals surface area (Å²) in [5.41, 5.74) is 1.35. The predicted molar refractivity (Wildman–Crippen MR) is 110 cm³/mol. The molecule has 3 aliphatic rings. The second-order valence-electron chi connectivity index (χ2n) is 8.91. The lowest BCUT2D eigenvalue weighted by Gasteiger charge is -2.49. The predicted octanol–water partition coefficient (Wildman–Crippen LogP) is 2.18. The zero-order valence-electron chi connectivity index (χ0n) is 17.3. The molecule has 1 aromatic carbocycles. The Labute approximate surface area is 175 Å². The molecule has 0 unspecified atom stereocenters. The van der Waals surface area contributed by atoms with Gasteiger partial charge in [0.05, 0.1) is 11.6 Å². The fraction of sp³-hybridized carbons (Fsp3) is 0.591. The van der Waals surface area contributed by atoms with Gasteiger partial charge in [0.15, 0.2) is 11.5 Å². The molecule has 3 saturated heterocycles. The number of fused-ring (bicyclic) bond motifs is 2. The van der Waals surface area contributed by atoms with Crippen molar-refractivity contribution in [3.8, 4) is 0 Å². The highest BCUT2D eigenvalue weighted by molar-refractivity contribution is 5.79. The molecule has 0 spiro atoms. The molecule has 1 aromatic heterocycles. The van der Waals surface area contributed by atoms with E-state index in [1.54, 1.807) is 0 Å². The molecule has 4 heterocycles. The molecule has 8 nitrogen and oxygen atoms in total. The van der Waals surface area contributed by atoms with E-state index in [2.05, 4.69) is 10.3 Å². The summed E-state index contributed by atoms with van der Waals surface area (Å²) in [6, 6.07) is 7.75. The second kappa shape index (κ2) is 7.58. The minimum absolute atomic E-state index is 0.0668. The molecule has 2 atom stereocenters. The lowest BCUT2D eigenvalue weighted by atomic mass is 9.87. The molecule has 1 N–H and O–H groups in total. The first kappa shape index (κ1) is 19.4. The number of urea groups is 1. The maximum absolute atomic E-state index is 13.1. The maximum Gasteiger partial charge on any atom is 0.320 e. The van der Waals surface area contributed by atoms with Gasteiger partial charge < -0.3 is 24.3 Å². The largest absolute Gasteiger partial charge is 0.441 e. The highest BCUT2D eigenvalue weighted by atomic mass is 16.5. The van der Waals surface area contributed by atoms with Crippen molar-refractivity contribution in [3.05, 3.63) is 30.2 Å². The first-order valence-corrected chi connectivity index (χ1v) is 10.8. The lowest BCUT2D eigenvalue weighted by molar-refractivity contribution is -0.156. The summed E-state index contributed by atoms with van der Waals surface area (Å²) in [6.07, 6.45) is 3.43. The summed E-state index contributed by atoms with van der Waals surface area (Å²) in [5.74, 6) is 1.15. The zero-order chi connectivity index (χ0) is 20.7. The van der Waals surface area contributed by atoms with Crippen LogP contribution in [0, 0.1) is 5.92 Å². The van der Waals surface area contributed by atoms with E-state index in [4.69, 9.17) is 9.15 Å². The number of para-hydroxylation sites is 2. The summed E-state index contributed by atoms with van der Waals surface area (Å²) >= 11 is 0. The number of carbonyl (C=O) groups excluding carboxylic acids is 2. The highest BCUT2D eigenvalue weighted by Gasteiger charge is 2.46. The molecular weight excluding hydrogens is 384 g/mol. The number of nitrogens with one attached hydrogen (secondary N) is 1. The number of hydrogen-bond donors (Lipinski definition) is 1. The number of aromatic nitrogens is 1.